The third-order valence-corrected chi connectivity index (χ3v) is 3.24. The Labute approximate surface area is 138 Å². The molecule has 0 saturated carbocycles. The number of nitrogens with one attached hydrogen (secondary N) is 1. The van der Waals surface area contributed by atoms with Crippen molar-refractivity contribution in [2.45, 2.75) is 13.8 Å². The molecule has 1 N–H and O–H groups in total. The number of carbonyl (C=O) groups is 1. The number of allylic oxidation sites excluding steroid dienone is 1. The molecule has 24 heavy (non-hydrogen) atoms. The Morgan fingerprint density at radius 2 is 2.00 bits per heavy atom. The predicted molar refractivity (Wildman–Crippen MR) is 91.7 cm³/mol. The Hall–Kier alpha value is -3.35. The Morgan fingerprint density at radius 1 is 1.21 bits per heavy atom. The van der Waals surface area contributed by atoms with E-state index in [4.69, 9.17) is 0 Å². The molecule has 2 heterocycles. The van der Waals surface area contributed by atoms with Gasteiger partial charge < -0.3 is 0 Å². The average Bonchev–Trinajstić information content (AvgIpc) is 3.00. The molecule has 7 nitrogen and oxygen atoms in total. The second-order valence-electron chi connectivity index (χ2n) is 5.18. The second kappa shape index (κ2) is 6.82. The molecule has 0 fully saturated rings. The third kappa shape index (κ3) is 3.52. The van der Waals surface area contributed by atoms with Gasteiger partial charge in [0, 0.05) is 17.6 Å². The lowest BCUT2D eigenvalue weighted by atomic mass is 10.2. The molecule has 0 saturated heterocycles. The highest BCUT2D eigenvalue weighted by molar-refractivity contribution is 5.91. The Kier molecular flexibility index (Phi) is 4.42. The van der Waals surface area contributed by atoms with Gasteiger partial charge in [0.1, 0.15) is 0 Å². The summed E-state index contributed by atoms with van der Waals surface area (Å²) in [7, 11) is 0. The zero-order valence-corrected chi connectivity index (χ0v) is 13.3. The molecule has 120 valence electrons. The number of rotatable bonds is 4. The molecule has 3 rings (SSSR count). The molecule has 7 heteroatoms. The van der Waals surface area contributed by atoms with E-state index in [0.717, 1.165) is 17.0 Å². The monoisotopic (exact) mass is 320 g/mol. The van der Waals surface area contributed by atoms with Crippen molar-refractivity contribution in [3.05, 3.63) is 65.2 Å². The first-order valence-electron chi connectivity index (χ1n) is 7.39. The van der Waals surface area contributed by atoms with Crippen LogP contribution in [-0.2, 0) is 0 Å². The van der Waals surface area contributed by atoms with Gasteiger partial charge in [0.2, 0.25) is 5.82 Å². The zero-order valence-electron chi connectivity index (χ0n) is 13.3. The number of hydrazone groups is 1. The van der Waals surface area contributed by atoms with Gasteiger partial charge in [-0.05, 0) is 31.6 Å². The molecule has 0 radical (unpaired) electrons. The van der Waals surface area contributed by atoms with Crippen LogP contribution in [0.25, 0.3) is 11.9 Å². The number of benzene rings is 1. The summed E-state index contributed by atoms with van der Waals surface area (Å²) in [6.07, 6.45) is 5.12. The maximum atomic E-state index is 12.0. The Bertz CT molecular complexity index is 927. The highest BCUT2D eigenvalue weighted by atomic mass is 16.2. The van der Waals surface area contributed by atoms with E-state index < -0.39 is 5.91 Å². The van der Waals surface area contributed by atoms with E-state index >= 15 is 0 Å². The van der Waals surface area contributed by atoms with Crippen LogP contribution in [0.15, 0.2) is 47.6 Å². The van der Waals surface area contributed by atoms with Gasteiger partial charge in [0.15, 0.2) is 0 Å². The number of carbonyl (C=O) groups excluding carboxylic acids is 1. The highest BCUT2D eigenvalue weighted by Gasteiger charge is 2.14. The van der Waals surface area contributed by atoms with E-state index in [9.17, 15) is 4.79 Å². The zero-order chi connectivity index (χ0) is 16.9. The average molecular weight is 320 g/mol. The summed E-state index contributed by atoms with van der Waals surface area (Å²) in [4.78, 5) is 20.4. The fourth-order valence-electron chi connectivity index (χ4n) is 2.17. The molecule has 0 aliphatic carbocycles. The van der Waals surface area contributed by atoms with Gasteiger partial charge >= 0.3 is 5.91 Å². The van der Waals surface area contributed by atoms with Crippen LogP contribution in [-0.4, -0.2) is 31.7 Å². The molecule has 0 spiro atoms. The van der Waals surface area contributed by atoms with Crippen molar-refractivity contribution in [1.29, 1.82) is 0 Å². The molecule has 0 unspecified atom stereocenters. The maximum absolute atomic E-state index is 12.0. The van der Waals surface area contributed by atoms with Crippen LogP contribution < -0.4 is 5.43 Å². The van der Waals surface area contributed by atoms with Crippen LogP contribution in [0.4, 0.5) is 0 Å². The topological polar surface area (TPSA) is 84.5 Å². The van der Waals surface area contributed by atoms with Crippen molar-refractivity contribution in [2.24, 2.45) is 5.10 Å². The summed E-state index contributed by atoms with van der Waals surface area (Å²) < 4.78 is 1.53. The Balaban J connectivity index is 1.66. The SMILES string of the molecule is Cc1cc(C)n2nc(C(=O)NN=C/C=C\c3ccccc3)nc2n1. The number of amides is 1. The van der Waals surface area contributed by atoms with Gasteiger partial charge in [0.05, 0.1) is 0 Å². The fraction of sp³-hybridized carbons (Fsp3) is 0.118. The number of aryl methyl sites for hydroxylation is 2. The van der Waals surface area contributed by atoms with Gasteiger partial charge in [-0.15, -0.1) is 5.10 Å². The molecular weight excluding hydrogens is 304 g/mol. The van der Waals surface area contributed by atoms with E-state index in [1.54, 1.807) is 6.08 Å². The molecule has 0 bridgehead atoms. The number of aromatic nitrogens is 4. The van der Waals surface area contributed by atoms with Crippen LogP contribution in [0, 0.1) is 13.8 Å². The molecule has 1 amide bonds. The molecule has 0 aliphatic rings. The summed E-state index contributed by atoms with van der Waals surface area (Å²) in [5.41, 5.74) is 5.13. The summed E-state index contributed by atoms with van der Waals surface area (Å²) in [6.45, 7) is 3.75. The quantitative estimate of drug-likeness (QED) is 0.590. The normalized spacial score (nSPS) is 11.6. The van der Waals surface area contributed by atoms with Crippen LogP contribution >= 0.6 is 0 Å². The van der Waals surface area contributed by atoms with E-state index in [1.807, 2.05) is 56.3 Å². The van der Waals surface area contributed by atoms with Crippen molar-refractivity contribution >= 4 is 24.0 Å². The van der Waals surface area contributed by atoms with E-state index in [1.165, 1.54) is 10.7 Å². The molecule has 1 aromatic carbocycles. The van der Waals surface area contributed by atoms with E-state index in [2.05, 4.69) is 25.6 Å². The first-order chi connectivity index (χ1) is 11.6. The second-order valence-corrected chi connectivity index (χ2v) is 5.18. The van der Waals surface area contributed by atoms with Crippen LogP contribution in [0.2, 0.25) is 0 Å². The summed E-state index contributed by atoms with van der Waals surface area (Å²) in [5, 5.41) is 7.99. The molecular formula is C17H16N6O. The van der Waals surface area contributed by atoms with Gasteiger partial charge in [-0.3, -0.25) is 4.79 Å². The number of fused-ring (bicyclic) bond motifs is 1. The van der Waals surface area contributed by atoms with Crippen molar-refractivity contribution < 1.29 is 4.79 Å². The molecule has 3 aromatic rings. The van der Waals surface area contributed by atoms with E-state index in [-0.39, 0.29) is 5.82 Å². The van der Waals surface area contributed by atoms with Crippen molar-refractivity contribution in [1.82, 2.24) is 25.0 Å². The van der Waals surface area contributed by atoms with Crippen LogP contribution in [0.5, 0.6) is 0 Å². The summed E-state index contributed by atoms with van der Waals surface area (Å²) in [5.74, 6) is -0.0621. The smallest absolute Gasteiger partial charge is 0.264 e. The third-order valence-electron chi connectivity index (χ3n) is 3.24. The molecule has 0 aliphatic heterocycles. The lowest BCUT2D eigenvalue weighted by Crippen LogP contribution is -2.19. The summed E-state index contributed by atoms with van der Waals surface area (Å²) >= 11 is 0. The predicted octanol–water partition coefficient (Wildman–Crippen LogP) is 2.17. The van der Waals surface area contributed by atoms with Gasteiger partial charge in [0.25, 0.3) is 5.78 Å². The van der Waals surface area contributed by atoms with Crippen molar-refractivity contribution in [3.63, 3.8) is 0 Å². The lowest BCUT2D eigenvalue weighted by Gasteiger charge is -1.97. The molecule has 0 atom stereocenters. The minimum atomic E-state index is -0.484. The van der Waals surface area contributed by atoms with Crippen LogP contribution in [0.1, 0.15) is 27.6 Å². The molecule has 2 aromatic heterocycles. The van der Waals surface area contributed by atoms with Gasteiger partial charge in [-0.25, -0.2) is 14.9 Å². The van der Waals surface area contributed by atoms with Crippen LogP contribution in [0.3, 0.4) is 0 Å². The largest absolute Gasteiger partial charge is 0.311 e. The number of hydrogen-bond donors (Lipinski definition) is 1. The minimum absolute atomic E-state index is 0.0281. The minimum Gasteiger partial charge on any atom is -0.264 e. The standard InChI is InChI=1S/C17H16N6O/c1-12-11-13(2)23-17(19-12)20-15(22-23)16(24)21-18-10-6-9-14-7-4-3-5-8-14/h3-11H,1-2H3,(H,21,24)/b9-6-,18-10?. The van der Waals surface area contributed by atoms with Crippen molar-refractivity contribution in [3.8, 4) is 0 Å². The highest BCUT2D eigenvalue weighted by Crippen LogP contribution is 2.05. The first-order valence-corrected chi connectivity index (χ1v) is 7.39. The summed E-state index contributed by atoms with van der Waals surface area (Å²) in [6, 6.07) is 11.7. The van der Waals surface area contributed by atoms with Crippen molar-refractivity contribution in [2.75, 3.05) is 0 Å². The number of hydrogen-bond acceptors (Lipinski definition) is 5. The Morgan fingerprint density at radius 3 is 2.79 bits per heavy atom. The van der Waals surface area contributed by atoms with Gasteiger partial charge in [-0.1, -0.05) is 36.4 Å². The maximum Gasteiger partial charge on any atom is 0.311 e. The van der Waals surface area contributed by atoms with E-state index in [0.29, 0.717) is 5.78 Å². The lowest BCUT2D eigenvalue weighted by molar-refractivity contribution is 0.0945. The first kappa shape index (κ1) is 15.5. The fourth-order valence-corrected chi connectivity index (χ4v) is 2.17. The van der Waals surface area contributed by atoms with Gasteiger partial charge in [-0.2, -0.15) is 10.1 Å². The number of nitrogens with zero attached hydrogens (tertiary/aromatic N) is 5.